The van der Waals surface area contributed by atoms with Gasteiger partial charge >= 0.3 is 6.61 Å². The van der Waals surface area contributed by atoms with E-state index in [9.17, 15) is 13.6 Å². The zero-order valence-electron chi connectivity index (χ0n) is 11.7. The number of ether oxygens (including phenoxy) is 1. The van der Waals surface area contributed by atoms with Crippen molar-refractivity contribution in [1.82, 2.24) is 0 Å². The lowest BCUT2D eigenvalue weighted by Gasteiger charge is -2.08. The van der Waals surface area contributed by atoms with Gasteiger partial charge in [0.1, 0.15) is 5.75 Å². The number of benzene rings is 2. The van der Waals surface area contributed by atoms with E-state index in [2.05, 4.69) is 10.1 Å². The molecule has 0 saturated heterocycles. The summed E-state index contributed by atoms with van der Waals surface area (Å²) < 4.78 is 28.3. The molecule has 110 valence electrons. The maximum Gasteiger partial charge on any atom is 0.387 e. The summed E-state index contributed by atoms with van der Waals surface area (Å²) in [5.74, 6) is -0.199. The van der Waals surface area contributed by atoms with Gasteiger partial charge in [-0.05, 0) is 61.4 Å². The fourth-order valence-corrected chi connectivity index (χ4v) is 1.81. The van der Waals surface area contributed by atoms with Crippen molar-refractivity contribution in [1.29, 1.82) is 0 Å². The second-order valence-corrected chi connectivity index (χ2v) is 4.66. The zero-order chi connectivity index (χ0) is 15.4. The van der Waals surface area contributed by atoms with Crippen LogP contribution in [0.4, 0.5) is 14.5 Å². The first-order chi connectivity index (χ1) is 9.95. The molecule has 0 radical (unpaired) electrons. The summed E-state index contributed by atoms with van der Waals surface area (Å²) in [6.07, 6.45) is 0. The molecule has 2 aromatic rings. The summed E-state index contributed by atoms with van der Waals surface area (Å²) in [5.41, 5.74) is 3.20. The SMILES string of the molecule is Cc1ccc(C(=O)Nc2ccc(OC(F)F)cc2)cc1C. The van der Waals surface area contributed by atoms with Crippen LogP contribution in [-0.4, -0.2) is 12.5 Å². The number of anilines is 1. The van der Waals surface area contributed by atoms with Gasteiger partial charge in [0.25, 0.3) is 5.91 Å². The Bertz CT molecular complexity index is 639. The highest BCUT2D eigenvalue weighted by Crippen LogP contribution is 2.18. The molecule has 0 unspecified atom stereocenters. The van der Waals surface area contributed by atoms with E-state index in [0.29, 0.717) is 11.3 Å². The molecule has 3 nitrogen and oxygen atoms in total. The highest BCUT2D eigenvalue weighted by Gasteiger charge is 2.08. The van der Waals surface area contributed by atoms with Crippen LogP contribution in [0.1, 0.15) is 21.5 Å². The minimum absolute atomic E-state index is 0.0502. The van der Waals surface area contributed by atoms with E-state index in [1.165, 1.54) is 24.3 Å². The molecule has 0 spiro atoms. The van der Waals surface area contributed by atoms with Gasteiger partial charge in [0, 0.05) is 11.3 Å². The van der Waals surface area contributed by atoms with Gasteiger partial charge < -0.3 is 10.1 Å². The predicted molar refractivity (Wildman–Crippen MR) is 76.9 cm³/mol. The van der Waals surface area contributed by atoms with Crippen LogP contribution < -0.4 is 10.1 Å². The molecule has 0 fully saturated rings. The van der Waals surface area contributed by atoms with Gasteiger partial charge in [-0.1, -0.05) is 6.07 Å². The number of halogens is 2. The van der Waals surface area contributed by atoms with Crippen molar-refractivity contribution in [2.75, 3.05) is 5.32 Å². The van der Waals surface area contributed by atoms with E-state index in [4.69, 9.17) is 0 Å². The number of carbonyl (C=O) groups excluding carboxylic acids is 1. The van der Waals surface area contributed by atoms with Crippen LogP contribution in [0.25, 0.3) is 0 Å². The average Bonchev–Trinajstić information content (AvgIpc) is 2.43. The molecule has 2 aromatic carbocycles. The lowest BCUT2D eigenvalue weighted by molar-refractivity contribution is -0.0498. The summed E-state index contributed by atoms with van der Waals surface area (Å²) in [7, 11) is 0. The Balaban J connectivity index is 2.06. The van der Waals surface area contributed by atoms with Crippen molar-refractivity contribution in [3.05, 3.63) is 59.2 Å². The number of rotatable bonds is 4. The quantitative estimate of drug-likeness (QED) is 0.918. The second-order valence-electron chi connectivity index (χ2n) is 4.66. The molecule has 2 rings (SSSR count). The fourth-order valence-electron chi connectivity index (χ4n) is 1.81. The molecular formula is C16H15F2NO2. The fraction of sp³-hybridized carbons (Fsp3) is 0.188. The third-order valence-electron chi connectivity index (χ3n) is 3.11. The summed E-state index contributed by atoms with van der Waals surface area (Å²) in [6, 6.07) is 11.2. The van der Waals surface area contributed by atoms with E-state index in [1.54, 1.807) is 12.1 Å². The molecule has 0 atom stereocenters. The molecular weight excluding hydrogens is 276 g/mol. The van der Waals surface area contributed by atoms with Crippen LogP contribution in [0, 0.1) is 13.8 Å². The van der Waals surface area contributed by atoms with Gasteiger partial charge in [0.05, 0.1) is 0 Å². The highest BCUT2D eigenvalue weighted by molar-refractivity contribution is 6.04. The standard InChI is InChI=1S/C16H15F2NO2/c1-10-3-4-12(9-11(10)2)15(20)19-13-5-7-14(8-6-13)21-16(17)18/h3-9,16H,1-2H3,(H,19,20). The average molecular weight is 291 g/mol. The van der Waals surface area contributed by atoms with Crippen molar-refractivity contribution in [2.45, 2.75) is 20.5 Å². The largest absolute Gasteiger partial charge is 0.435 e. The molecule has 0 aromatic heterocycles. The van der Waals surface area contributed by atoms with Gasteiger partial charge in [-0.25, -0.2) is 0 Å². The summed E-state index contributed by atoms with van der Waals surface area (Å²) in [6.45, 7) is 1.04. The molecule has 0 bridgehead atoms. The Labute approximate surface area is 121 Å². The lowest BCUT2D eigenvalue weighted by Crippen LogP contribution is -2.12. The highest BCUT2D eigenvalue weighted by atomic mass is 19.3. The Hall–Kier alpha value is -2.43. The van der Waals surface area contributed by atoms with Crippen LogP contribution in [0.15, 0.2) is 42.5 Å². The van der Waals surface area contributed by atoms with Crippen molar-refractivity contribution in [3.8, 4) is 5.75 Å². The third kappa shape index (κ3) is 4.02. The van der Waals surface area contributed by atoms with Crippen LogP contribution in [0.2, 0.25) is 0 Å². The Morgan fingerprint density at radius 1 is 1.05 bits per heavy atom. The molecule has 21 heavy (non-hydrogen) atoms. The van der Waals surface area contributed by atoms with E-state index >= 15 is 0 Å². The van der Waals surface area contributed by atoms with Crippen LogP contribution in [0.3, 0.4) is 0 Å². The number of hydrogen-bond donors (Lipinski definition) is 1. The molecule has 5 heteroatoms. The van der Waals surface area contributed by atoms with Crippen LogP contribution in [-0.2, 0) is 0 Å². The molecule has 0 aliphatic rings. The molecule has 1 amide bonds. The monoisotopic (exact) mass is 291 g/mol. The van der Waals surface area contributed by atoms with Crippen molar-refractivity contribution >= 4 is 11.6 Å². The molecule has 1 N–H and O–H groups in total. The Morgan fingerprint density at radius 2 is 1.71 bits per heavy atom. The van der Waals surface area contributed by atoms with E-state index < -0.39 is 6.61 Å². The first-order valence-corrected chi connectivity index (χ1v) is 6.39. The van der Waals surface area contributed by atoms with Gasteiger partial charge in [0.15, 0.2) is 0 Å². The molecule has 0 aliphatic carbocycles. The minimum Gasteiger partial charge on any atom is -0.435 e. The van der Waals surface area contributed by atoms with Crippen molar-refractivity contribution in [2.24, 2.45) is 0 Å². The van der Waals surface area contributed by atoms with Crippen molar-refractivity contribution in [3.63, 3.8) is 0 Å². The Kier molecular flexibility index (Phi) is 4.52. The first-order valence-electron chi connectivity index (χ1n) is 6.39. The van der Waals surface area contributed by atoms with Gasteiger partial charge in [-0.2, -0.15) is 8.78 Å². The summed E-state index contributed by atoms with van der Waals surface area (Å²) >= 11 is 0. The lowest BCUT2D eigenvalue weighted by atomic mass is 10.1. The predicted octanol–water partition coefficient (Wildman–Crippen LogP) is 4.16. The number of nitrogens with one attached hydrogen (secondary N) is 1. The van der Waals surface area contributed by atoms with Crippen LogP contribution >= 0.6 is 0 Å². The van der Waals surface area contributed by atoms with E-state index in [0.717, 1.165) is 11.1 Å². The first kappa shape index (κ1) is 15.0. The van der Waals surface area contributed by atoms with E-state index in [1.807, 2.05) is 19.9 Å². The maximum atomic E-state index is 12.1. The zero-order valence-corrected chi connectivity index (χ0v) is 11.7. The van der Waals surface area contributed by atoms with Gasteiger partial charge in [-0.3, -0.25) is 4.79 Å². The summed E-state index contributed by atoms with van der Waals surface area (Å²) in [4.78, 5) is 12.1. The molecule has 0 aliphatic heterocycles. The molecule has 0 saturated carbocycles. The number of amides is 1. The number of hydrogen-bond acceptors (Lipinski definition) is 2. The van der Waals surface area contributed by atoms with Crippen LogP contribution in [0.5, 0.6) is 5.75 Å². The minimum atomic E-state index is -2.86. The van der Waals surface area contributed by atoms with E-state index in [-0.39, 0.29) is 11.7 Å². The maximum absolute atomic E-state index is 12.1. The van der Waals surface area contributed by atoms with Crippen molar-refractivity contribution < 1.29 is 18.3 Å². The topological polar surface area (TPSA) is 38.3 Å². The number of carbonyl (C=O) groups is 1. The third-order valence-corrected chi connectivity index (χ3v) is 3.11. The summed E-state index contributed by atoms with van der Waals surface area (Å²) in [5, 5.41) is 2.70. The molecule has 0 heterocycles. The Morgan fingerprint density at radius 3 is 2.29 bits per heavy atom. The van der Waals surface area contributed by atoms with Gasteiger partial charge in [-0.15, -0.1) is 0 Å². The van der Waals surface area contributed by atoms with Gasteiger partial charge in [0.2, 0.25) is 0 Å². The smallest absolute Gasteiger partial charge is 0.387 e. The second kappa shape index (κ2) is 6.35. The normalized spacial score (nSPS) is 10.5. The number of aryl methyl sites for hydroxylation is 2. The number of alkyl halides is 2.